The summed E-state index contributed by atoms with van der Waals surface area (Å²) in [4.78, 5) is 0.670. The van der Waals surface area contributed by atoms with Crippen molar-refractivity contribution in [2.75, 3.05) is 0 Å². The monoisotopic (exact) mass is 315 g/mol. The number of rotatable bonds is 6. The Hall–Kier alpha value is -1.15. The summed E-state index contributed by atoms with van der Waals surface area (Å²) in [6.45, 7) is 3.43. The Morgan fingerprint density at radius 1 is 1.50 bits per heavy atom. The van der Waals surface area contributed by atoms with E-state index in [1.807, 2.05) is 6.07 Å². The second-order valence-electron chi connectivity index (χ2n) is 4.64. The molecule has 1 atom stereocenters. The topological polar surface area (TPSA) is 79.5 Å². The number of thiophene rings is 1. The fourth-order valence-electron chi connectivity index (χ4n) is 1.87. The molecule has 20 heavy (non-hydrogen) atoms. The van der Waals surface area contributed by atoms with Crippen LogP contribution in [0.15, 0.2) is 33.1 Å². The van der Waals surface area contributed by atoms with Gasteiger partial charge >= 0.3 is 0 Å². The number of sulfonamides is 1. The molecule has 0 aliphatic rings. The van der Waals surface area contributed by atoms with Crippen LogP contribution in [0.4, 0.5) is 0 Å². The molecule has 5 nitrogen and oxygen atoms in total. The normalized spacial score (nSPS) is 13.6. The van der Waals surface area contributed by atoms with Crippen molar-refractivity contribution >= 4 is 21.4 Å². The molecular weight excluding hydrogens is 298 g/mol. The molecular formula is C13H17NO4S2. The predicted molar refractivity (Wildman–Crippen MR) is 77.2 cm³/mol. The van der Waals surface area contributed by atoms with Gasteiger partial charge in [-0.15, -0.1) is 11.3 Å². The summed E-state index contributed by atoms with van der Waals surface area (Å²) in [6.07, 6.45) is 2.05. The van der Waals surface area contributed by atoms with E-state index < -0.39 is 10.0 Å². The van der Waals surface area contributed by atoms with Gasteiger partial charge in [0.1, 0.15) is 9.97 Å². The molecule has 0 bridgehead atoms. The van der Waals surface area contributed by atoms with Crippen LogP contribution in [0.25, 0.3) is 0 Å². The molecule has 0 spiro atoms. The molecule has 0 saturated heterocycles. The van der Waals surface area contributed by atoms with Crippen LogP contribution >= 0.6 is 11.3 Å². The van der Waals surface area contributed by atoms with Gasteiger partial charge in [-0.05, 0) is 37.6 Å². The van der Waals surface area contributed by atoms with Gasteiger partial charge < -0.3 is 9.52 Å². The number of aryl methyl sites for hydroxylation is 1. The summed E-state index contributed by atoms with van der Waals surface area (Å²) < 4.78 is 32.5. The first-order valence-electron chi connectivity index (χ1n) is 6.17. The molecule has 2 N–H and O–H groups in total. The molecule has 0 amide bonds. The van der Waals surface area contributed by atoms with E-state index in [1.54, 1.807) is 32.2 Å². The van der Waals surface area contributed by atoms with Crippen LogP contribution in [0.2, 0.25) is 0 Å². The standard InChI is InChI=1S/C13H17NO4S2/c1-9-6-13(19-12(9)8-15)20(16,17)14-10(2)7-11-4-3-5-18-11/h3-6,10,14-15H,7-8H2,1-2H3. The van der Waals surface area contributed by atoms with Crippen LogP contribution < -0.4 is 4.72 Å². The fraction of sp³-hybridized carbons (Fsp3) is 0.385. The van der Waals surface area contributed by atoms with E-state index in [1.165, 1.54) is 0 Å². The number of aliphatic hydroxyl groups is 1. The first-order chi connectivity index (χ1) is 9.42. The van der Waals surface area contributed by atoms with Crippen LogP contribution in [-0.4, -0.2) is 19.6 Å². The summed E-state index contributed by atoms with van der Waals surface area (Å²) in [7, 11) is -3.56. The number of furan rings is 1. The molecule has 0 aromatic carbocycles. The van der Waals surface area contributed by atoms with Crippen LogP contribution in [0.3, 0.4) is 0 Å². The Labute approximate surface area is 122 Å². The molecule has 0 fully saturated rings. The molecule has 0 radical (unpaired) electrons. The lowest BCUT2D eigenvalue weighted by molar-refractivity contribution is 0.285. The minimum absolute atomic E-state index is 0.145. The Morgan fingerprint density at radius 3 is 2.80 bits per heavy atom. The Balaban J connectivity index is 2.10. The first kappa shape index (κ1) is 15.2. The summed E-state index contributed by atoms with van der Waals surface area (Å²) in [6, 6.07) is 4.89. The Morgan fingerprint density at radius 2 is 2.25 bits per heavy atom. The van der Waals surface area contributed by atoms with Crippen LogP contribution in [0.1, 0.15) is 23.1 Å². The number of hydrogen-bond donors (Lipinski definition) is 2. The molecule has 110 valence electrons. The quantitative estimate of drug-likeness (QED) is 0.855. The summed E-state index contributed by atoms with van der Waals surface area (Å²) in [5.74, 6) is 0.735. The third-order valence-corrected chi connectivity index (χ3v) is 6.14. The highest BCUT2D eigenvalue weighted by atomic mass is 32.2. The van der Waals surface area contributed by atoms with Crippen molar-refractivity contribution in [3.05, 3.63) is 40.7 Å². The lowest BCUT2D eigenvalue weighted by Crippen LogP contribution is -2.33. The van der Waals surface area contributed by atoms with Gasteiger partial charge in [-0.25, -0.2) is 13.1 Å². The molecule has 2 rings (SSSR count). The summed E-state index contributed by atoms with van der Waals surface area (Å²) in [5, 5.41) is 9.13. The predicted octanol–water partition coefficient (Wildman–Crippen LogP) is 2.05. The third kappa shape index (κ3) is 3.49. The average Bonchev–Trinajstić information content (AvgIpc) is 2.97. The maximum absolute atomic E-state index is 12.2. The maximum Gasteiger partial charge on any atom is 0.250 e. The SMILES string of the molecule is Cc1cc(S(=O)(=O)NC(C)Cc2ccco2)sc1CO. The van der Waals surface area contributed by atoms with Gasteiger partial charge in [0, 0.05) is 17.3 Å². The van der Waals surface area contributed by atoms with Crippen molar-refractivity contribution in [2.45, 2.75) is 37.1 Å². The van der Waals surface area contributed by atoms with Crippen molar-refractivity contribution in [1.82, 2.24) is 4.72 Å². The van der Waals surface area contributed by atoms with E-state index in [9.17, 15) is 8.42 Å². The Kier molecular flexibility index (Phi) is 4.64. The molecule has 0 aliphatic heterocycles. The van der Waals surface area contributed by atoms with E-state index in [-0.39, 0.29) is 16.9 Å². The first-order valence-corrected chi connectivity index (χ1v) is 8.47. The molecule has 0 aliphatic carbocycles. The van der Waals surface area contributed by atoms with Gasteiger partial charge in [0.05, 0.1) is 12.9 Å². The zero-order valence-corrected chi connectivity index (χ0v) is 12.9. The maximum atomic E-state index is 12.2. The lowest BCUT2D eigenvalue weighted by Gasteiger charge is -2.11. The molecule has 0 saturated carbocycles. The van der Waals surface area contributed by atoms with Gasteiger partial charge in [0.25, 0.3) is 0 Å². The molecule has 2 aromatic rings. The molecule has 2 aromatic heterocycles. The van der Waals surface area contributed by atoms with Gasteiger partial charge in [0.2, 0.25) is 10.0 Å². The fourth-order valence-corrected chi connectivity index (χ4v) is 4.58. The summed E-state index contributed by atoms with van der Waals surface area (Å²) in [5.41, 5.74) is 0.788. The van der Waals surface area contributed by atoms with E-state index in [2.05, 4.69) is 4.72 Å². The number of aliphatic hydroxyl groups excluding tert-OH is 1. The molecule has 2 heterocycles. The zero-order chi connectivity index (χ0) is 14.8. The van der Waals surface area contributed by atoms with Crippen molar-refractivity contribution < 1.29 is 17.9 Å². The minimum Gasteiger partial charge on any atom is -0.469 e. The highest BCUT2D eigenvalue weighted by Gasteiger charge is 2.21. The van der Waals surface area contributed by atoms with Gasteiger partial charge in [-0.3, -0.25) is 0 Å². The highest BCUT2D eigenvalue weighted by Crippen LogP contribution is 2.26. The van der Waals surface area contributed by atoms with Crippen LogP contribution in [0.5, 0.6) is 0 Å². The van der Waals surface area contributed by atoms with Crippen molar-refractivity contribution in [3.8, 4) is 0 Å². The van der Waals surface area contributed by atoms with Crippen molar-refractivity contribution in [3.63, 3.8) is 0 Å². The zero-order valence-electron chi connectivity index (χ0n) is 11.3. The highest BCUT2D eigenvalue weighted by molar-refractivity contribution is 7.91. The third-order valence-electron chi connectivity index (χ3n) is 2.85. The number of nitrogens with one attached hydrogen (secondary N) is 1. The van der Waals surface area contributed by atoms with Gasteiger partial charge in [0.15, 0.2) is 0 Å². The largest absolute Gasteiger partial charge is 0.469 e. The van der Waals surface area contributed by atoms with E-state index in [0.717, 1.165) is 22.7 Å². The van der Waals surface area contributed by atoms with Gasteiger partial charge in [-0.1, -0.05) is 0 Å². The molecule has 7 heteroatoms. The van der Waals surface area contributed by atoms with Gasteiger partial charge in [-0.2, -0.15) is 0 Å². The summed E-state index contributed by atoms with van der Waals surface area (Å²) >= 11 is 1.09. The van der Waals surface area contributed by atoms with E-state index in [0.29, 0.717) is 11.3 Å². The second kappa shape index (κ2) is 6.09. The van der Waals surface area contributed by atoms with Crippen LogP contribution in [0, 0.1) is 6.92 Å². The van der Waals surface area contributed by atoms with E-state index in [4.69, 9.17) is 9.52 Å². The average molecular weight is 315 g/mol. The lowest BCUT2D eigenvalue weighted by atomic mass is 10.2. The smallest absolute Gasteiger partial charge is 0.250 e. The Bertz CT molecular complexity index is 659. The second-order valence-corrected chi connectivity index (χ2v) is 7.71. The number of hydrogen-bond acceptors (Lipinski definition) is 5. The minimum atomic E-state index is -3.56. The van der Waals surface area contributed by atoms with Crippen molar-refractivity contribution in [2.24, 2.45) is 0 Å². The van der Waals surface area contributed by atoms with Crippen molar-refractivity contribution in [1.29, 1.82) is 0 Å². The van der Waals surface area contributed by atoms with E-state index >= 15 is 0 Å². The van der Waals surface area contributed by atoms with Crippen LogP contribution in [-0.2, 0) is 23.1 Å². The molecule has 1 unspecified atom stereocenters.